The maximum atomic E-state index is 11.7. The molecular weight excluding hydrogens is 284 g/mol. The van der Waals surface area contributed by atoms with Gasteiger partial charge in [-0.3, -0.25) is 14.6 Å². The van der Waals surface area contributed by atoms with Gasteiger partial charge in [0, 0.05) is 18.1 Å². The third-order valence-electron chi connectivity index (χ3n) is 2.64. The Morgan fingerprint density at radius 1 is 1.09 bits per heavy atom. The molecule has 2 amide bonds. The first-order valence-corrected chi connectivity index (χ1v) is 6.37. The maximum Gasteiger partial charge on any atom is 0.329 e. The molecule has 2 N–H and O–H groups in total. The second-order valence-corrected chi connectivity index (χ2v) is 4.16. The number of hydrazone groups is 1. The van der Waals surface area contributed by atoms with E-state index in [1.54, 1.807) is 55.9 Å². The molecule has 0 saturated carbocycles. The van der Waals surface area contributed by atoms with Gasteiger partial charge in [0.1, 0.15) is 5.75 Å². The molecule has 0 aliphatic carbocycles. The van der Waals surface area contributed by atoms with Crippen LogP contribution in [0.5, 0.6) is 5.75 Å². The molecule has 1 aromatic heterocycles. The van der Waals surface area contributed by atoms with Crippen LogP contribution in [0.3, 0.4) is 0 Å². The number of carbonyl (C=O) groups is 2. The van der Waals surface area contributed by atoms with Crippen LogP contribution in [0.4, 0.5) is 5.69 Å². The normalized spacial score (nSPS) is 10.2. The lowest BCUT2D eigenvalue weighted by Gasteiger charge is -2.05. The number of pyridine rings is 1. The van der Waals surface area contributed by atoms with Gasteiger partial charge in [0.25, 0.3) is 0 Å². The fourth-order valence-corrected chi connectivity index (χ4v) is 1.53. The highest BCUT2D eigenvalue weighted by Crippen LogP contribution is 2.14. The van der Waals surface area contributed by atoms with E-state index in [4.69, 9.17) is 4.74 Å². The first-order chi connectivity index (χ1) is 10.7. The average molecular weight is 298 g/mol. The zero-order chi connectivity index (χ0) is 15.8. The van der Waals surface area contributed by atoms with Crippen molar-refractivity contribution in [2.24, 2.45) is 5.10 Å². The molecular formula is C15H14N4O3. The molecule has 1 aromatic carbocycles. The van der Waals surface area contributed by atoms with Gasteiger partial charge >= 0.3 is 11.8 Å². The third kappa shape index (κ3) is 4.41. The molecule has 2 rings (SSSR count). The number of ether oxygens (including phenoxy) is 1. The van der Waals surface area contributed by atoms with Gasteiger partial charge in [-0.15, -0.1) is 0 Å². The van der Waals surface area contributed by atoms with Gasteiger partial charge in [0.15, 0.2) is 0 Å². The lowest BCUT2D eigenvalue weighted by atomic mass is 10.3. The maximum absolute atomic E-state index is 11.7. The van der Waals surface area contributed by atoms with Crippen LogP contribution in [0.2, 0.25) is 0 Å². The van der Waals surface area contributed by atoms with Gasteiger partial charge in [0.2, 0.25) is 0 Å². The number of amides is 2. The number of hydrogen-bond acceptors (Lipinski definition) is 5. The lowest BCUT2D eigenvalue weighted by Crippen LogP contribution is -2.32. The largest absolute Gasteiger partial charge is 0.497 e. The summed E-state index contributed by atoms with van der Waals surface area (Å²) >= 11 is 0. The summed E-state index contributed by atoms with van der Waals surface area (Å²) in [5.74, 6) is -1.01. The standard InChI is InChI=1S/C15H14N4O3/c1-22-13-4-2-12(3-5-13)18-14(20)15(21)19-17-10-11-6-8-16-9-7-11/h2-10H,1H3,(H,18,20)(H,19,21)/b17-10+. The Morgan fingerprint density at radius 3 is 2.41 bits per heavy atom. The molecule has 0 saturated heterocycles. The Morgan fingerprint density at radius 2 is 1.77 bits per heavy atom. The van der Waals surface area contributed by atoms with Gasteiger partial charge in [-0.25, -0.2) is 5.43 Å². The quantitative estimate of drug-likeness (QED) is 0.503. The summed E-state index contributed by atoms with van der Waals surface area (Å²) < 4.78 is 5.00. The Hall–Kier alpha value is -3.22. The molecule has 1 heterocycles. The number of aromatic nitrogens is 1. The van der Waals surface area contributed by atoms with Crippen molar-refractivity contribution in [3.05, 3.63) is 54.4 Å². The number of nitrogens with zero attached hydrogens (tertiary/aromatic N) is 2. The molecule has 0 aliphatic rings. The van der Waals surface area contributed by atoms with E-state index in [2.05, 4.69) is 20.8 Å². The van der Waals surface area contributed by atoms with E-state index in [1.807, 2.05) is 0 Å². The Labute approximate surface area is 127 Å². The van der Waals surface area contributed by atoms with Crippen LogP contribution in [-0.4, -0.2) is 30.1 Å². The van der Waals surface area contributed by atoms with Gasteiger partial charge < -0.3 is 10.1 Å². The van der Waals surface area contributed by atoms with Gasteiger partial charge in [-0.1, -0.05) is 0 Å². The highest BCUT2D eigenvalue weighted by atomic mass is 16.5. The number of rotatable bonds is 4. The summed E-state index contributed by atoms with van der Waals surface area (Å²) in [5.41, 5.74) is 3.39. The first-order valence-electron chi connectivity index (χ1n) is 6.37. The molecule has 0 fully saturated rings. The van der Waals surface area contributed by atoms with Crippen molar-refractivity contribution >= 4 is 23.7 Å². The predicted octanol–water partition coefficient (Wildman–Crippen LogP) is 1.18. The zero-order valence-electron chi connectivity index (χ0n) is 11.8. The second-order valence-electron chi connectivity index (χ2n) is 4.16. The van der Waals surface area contributed by atoms with Crippen molar-refractivity contribution in [3.63, 3.8) is 0 Å². The van der Waals surface area contributed by atoms with Crippen LogP contribution in [0, 0.1) is 0 Å². The van der Waals surface area contributed by atoms with E-state index in [9.17, 15) is 9.59 Å². The van der Waals surface area contributed by atoms with Crippen molar-refractivity contribution in [2.45, 2.75) is 0 Å². The number of hydrogen-bond donors (Lipinski definition) is 2. The van der Waals surface area contributed by atoms with Crippen molar-refractivity contribution in [2.75, 3.05) is 12.4 Å². The zero-order valence-corrected chi connectivity index (χ0v) is 11.8. The lowest BCUT2D eigenvalue weighted by molar-refractivity contribution is -0.136. The van der Waals surface area contributed by atoms with E-state index in [0.29, 0.717) is 11.4 Å². The SMILES string of the molecule is COc1ccc(NC(=O)C(=O)N/N=C/c2ccncc2)cc1. The number of methoxy groups -OCH3 is 1. The molecule has 2 aromatic rings. The Kier molecular flexibility index (Phi) is 5.20. The number of nitrogens with one attached hydrogen (secondary N) is 2. The van der Waals surface area contributed by atoms with E-state index in [0.717, 1.165) is 5.56 Å². The van der Waals surface area contributed by atoms with Crippen molar-refractivity contribution in [1.82, 2.24) is 10.4 Å². The van der Waals surface area contributed by atoms with Crippen LogP contribution >= 0.6 is 0 Å². The smallest absolute Gasteiger partial charge is 0.329 e. The van der Waals surface area contributed by atoms with Crippen LogP contribution in [0.25, 0.3) is 0 Å². The molecule has 112 valence electrons. The van der Waals surface area contributed by atoms with E-state index >= 15 is 0 Å². The third-order valence-corrected chi connectivity index (χ3v) is 2.64. The minimum Gasteiger partial charge on any atom is -0.497 e. The molecule has 0 atom stereocenters. The molecule has 0 spiro atoms. The van der Waals surface area contributed by atoms with Crippen LogP contribution in [-0.2, 0) is 9.59 Å². The first kappa shape index (κ1) is 15.2. The van der Waals surface area contributed by atoms with Crippen molar-refractivity contribution < 1.29 is 14.3 Å². The minimum atomic E-state index is -0.860. The van der Waals surface area contributed by atoms with Gasteiger partial charge in [0.05, 0.1) is 13.3 Å². The summed E-state index contributed by atoms with van der Waals surface area (Å²) in [6.07, 6.45) is 4.61. The molecule has 7 nitrogen and oxygen atoms in total. The average Bonchev–Trinajstić information content (AvgIpc) is 2.56. The molecule has 0 radical (unpaired) electrons. The van der Waals surface area contributed by atoms with E-state index < -0.39 is 11.8 Å². The fourth-order valence-electron chi connectivity index (χ4n) is 1.53. The monoisotopic (exact) mass is 298 g/mol. The van der Waals surface area contributed by atoms with Crippen LogP contribution < -0.4 is 15.5 Å². The van der Waals surface area contributed by atoms with Gasteiger partial charge in [-0.2, -0.15) is 5.10 Å². The molecule has 7 heteroatoms. The highest BCUT2D eigenvalue weighted by Gasteiger charge is 2.12. The summed E-state index contributed by atoms with van der Waals surface area (Å²) in [5, 5.41) is 6.15. The summed E-state index contributed by atoms with van der Waals surface area (Å²) in [7, 11) is 1.54. The second kappa shape index (κ2) is 7.53. The molecule has 0 aliphatic heterocycles. The van der Waals surface area contributed by atoms with E-state index in [1.165, 1.54) is 6.21 Å². The Balaban J connectivity index is 1.86. The van der Waals surface area contributed by atoms with E-state index in [-0.39, 0.29) is 0 Å². The number of anilines is 1. The van der Waals surface area contributed by atoms with Crippen LogP contribution in [0.15, 0.2) is 53.9 Å². The molecule has 0 bridgehead atoms. The Bertz CT molecular complexity index is 669. The predicted molar refractivity (Wildman–Crippen MR) is 81.6 cm³/mol. The van der Waals surface area contributed by atoms with Crippen molar-refractivity contribution in [1.29, 1.82) is 0 Å². The number of benzene rings is 1. The minimum absolute atomic E-state index is 0.485. The topological polar surface area (TPSA) is 92.7 Å². The number of carbonyl (C=O) groups excluding carboxylic acids is 2. The molecule has 0 unspecified atom stereocenters. The summed E-state index contributed by atoms with van der Waals surface area (Å²) in [6, 6.07) is 10.0. The summed E-state index contributed by atoms with van der Waals surface area (Å²) in [4.78, 5) is 27.1. The summed E-state index contributed by atoms with van der Waals surface area (Å²) in [6.45, 7) is 0. The van der Waals surface area contributed by atoms with Crippen molar-refractivity contribution in [3.8, 4) is 5.75 Å². The molecule has 22 heavy (non-hydrogen) atoms. The van der Waals surface area contributed by atoms with Crippen LogP contribution in [0.1, 0.15) is 5.56 Å². The fraction of sp³-hybridized carbons (Fsp3) is 0.0667. The van der Waals surface area contributed by atoms with Gasteiger partial charge in [-0.05, 0) is 42.0 Å². The highest BCUT2D eigenvalue weighted by molar-refractivity contribution is 6.39.